The normalized spacial score (nSPS) is 18.6. The van der Waals surface area contributed by atoms with Gasteiger partial charge in [0.1, 0.15) is 26.2 Å². The van der Waals surface area contributed by atoms with E-state index in [2.05, 4.69) is 17.6 Å². The number of benzene rings is 2. The zero-order chi connectivity index (χ0) is 21.3. The summed E-state index contributed by atoms with van der Waals surface area (Å²) < 4.78 is 0. The number of thioether (sulfide) groups is 1. The second-order valence-electron chi connectivity index (χ2n) is 7.66. The summed E-state index contributed by atoms with van der Waals surface area (Å²) in [5.41, 5.74) is 2.95. The fourth-order valence-corrected chi connectivity index (χ4v) is 4.41. The number of nitrogens with one attached hydrogen (secondary N) is 4. The molecule has 0 aromatic heterocycles. The van der Waals surface area contributed by atoms with Gasteiger partial charge in [-0.15, -0.1) is 11.8 Å². The average Bonchev–Trinajstić information content (AvgIpc) is 2.76. The Labute approximate surface area is 183 Å². The molecule has 6 nitrogen and oxygen atoms in total. The molecule has 0 bridgehead atoms. The van der Waals surface area contributed by atoms with Crippen molar-refractivity contribution in [1.29, 1.82) is 0 Å². The maximum Gasteiger partial charge on any atom is 0.279 e. The summed E-state index contributed by atoms with van der Waals surface area (Å²) in [6, 6.07) is 15.8. The van der Waals surface area contributed by atoms with Crippen LogP contribution in [0.1, 0.15) is 12.5 Å². The van der Waals surface area contributed by atoms with Crippen molar-refractivity contribution in [3.05, 3.63) is 54.1 Å². The molecule has 3 rings (SSSR count). The molecule has 0 spiro atoms. The van der Waals surface area contributed by atoms with Crippen molar-refractivity contribution in [2.75, 3.05) is 56.2 Å². The van der Waals surface area contributed by atoms with E-state index in [-0.39, 0.29) is 11.8 Å². The Kier molecular flexibility index (Phi) is 8.30. The summed E-state index contributed by atoms with van der Waals surface area (Å²) >= 11 is 1.63. The molecule has 1 aliphatic rings. The van der Waals surface area contributed by atoms with Gasteiger partial charge in [0, 0.05) is 10.6 Å². The van der Waals surface area contributed by atoms with E-state index < -0.39 is 0 Å². The van der Waals surface area contributed by atoms with E-state index in [1.807, 2.05) is 54.8 Å². The lowest BCUT2D eigenvalue weighted by Gasteiger charge is -2.29. The molecule has 1 aliphatic heterocycles. The molecule has 2 amide bonds. The van der Waals surface area contributed by atoms with Crippen molar-refractivity contribution in [2.45, 2.75) is 18.2 Å². The van der Waals surface area contributed by atoms with E-state index in [4.69, 9.17) is 0 Å². The van der Waals surface area contributed by atoms with Gasteiger partial charge in [0.25, 0.3) is 11.8 Å². The molecule has 0 aliphatic carbocycles. The van der Waals surface area contributed by atoms with Gasteiger partial charge in [-0.3, -0.25) is 9.59 Å². The maximum absolute atomic E-state index is 12.5. The smallest absolute Gasteiger partial charge is 0.279 e. The molecule has 7 heteroatoms. The lowest BCUT2D eigenvalue weighted by molar-refractivity contribution is -1.00. The van der Waals surface area contributed by atoms with Crippen LogP contribution in [0.25, 0.3) is 0 Å². The van der Waals surface area contributed by atoms with Gasteiger partial charge in [-0.1, -0.05) is 37.3 Å². The first-order valence-electron chi connectivity index (χ1n) is 10.6. The topological polar surface area (TPSA) is 67.1 Å². The highest BCUT2D eigenvalue weighted by molar-refractivity contribution is 7.98. The highest BCUT2D eigenvalue weighted by Crippen LogP contribution is 2.24. The van der Waals surface area contributed by atoms with E-state index >= 15 is 0 Å². The van der Waals surface area contributed by atoms with E-state index in [1.54, 1.807) is 11.8 Å². The highest BCUT2D eigenvalue weighted by Gasteiger charge is 2.26. The molecule has 30 heavy (non-hydrogen) atoms. The second-order valence-corrected chi connectivity index (χ2v) is 8.51. The Bertz CT molecular complexity index is 794. The molecule has 0 atom stereocenters. The molecule has 1 saturated heterocycles. The number of carbonyl (C=O) groups excluding carboxylic acids is 2. The summed E-state index contributed by atoms with van der Waals surface area (Å²) in [7, 11) is 0. The minimum Gasteiger partial charge on any atom is -0.321 e. The third-order valence-electron chi connectivity index (χ3n) is 5.54. The summed E-state index contributed by atoms with van der Waals surface area (Å²) in [6.07, 6.45) is 2.91. The number of amides is 2. The predicted molar refractivity (Wildman–Crippen MR) is 122 cm³/mol. The second kappa shape index (κ2) is 11.2. The maximum atomic E-state index is 12.5. The van der Waals surface area contributed by atoms with Gasteiger partial charge in [0.05, 0.1) is 5.69 Å². The van der Waals surface area contributed by atoms with Crippen LogP contribution in [0, 0.1) is 0 Å². The van der Waals surface area contributed by atoms with Gasteiger partial charge in [0.2, 0.25) is 0 Å². The minimum absolute atomic E-state index is 0.0452. The van der Waals surface area contributed by atoms with Gasteiger partial charge in [-0.05, 0) is 36.4 Å². The number of aryl methyl sites for hydroxylation is 1. The van der Waals surface area contributed by atoms with Gasteiger partial charge in [-0.25, -0.2) is 0 Å². The number of anilines is 2. The number of piperazine rings is 1. The molecular formula is C23H32N4O2S+2. The zero-order valence-electron chi connectivity index (χ0n) is 17.8. The van der Waals surface area contributed by atoms with Crippen LogP contribution in [0.2, 0.25) is 0 Å². The molecule has 0 saturated carbocycles. The number of hydrogen-bond acceptors (Lipinski definition) is 3. The average molecular weight is 429 g/mol. The lowest BCUT2D eigenvalue weighted by Crippen LogP contribution is -3.28. The Balaban J connectivity index is 1.42. The van der Waals surface area contributed by atoms with Gasteiger partial charge >= 0.3 is 0 Å². The highest BCUT2D eigenvalue weighted by atomic mass is 32.2. The fraction of sp³-hybridized carbons (Fsp3) is 0.391. The Morgan fingerprint density at radius 1 is 0.833 bits per heavy atom. The number of hydrogen-bond donors (Lipinski definition) is 4. The molecule has 1 heterocycles. The molecular weight excluding hydrogens is 396 g/mol. The van der Waals surface area contributed by atoms with Crippen LogP contribution in [-0.4, -0.2) is 57.3 Å². The van der Waals surface area contributed by atoms with E-state index in [0.29, 0.717) is 13.1 Å². The first-order chi connectivity index (χ1) is 14.6. The van der Waals surface area contributed by atoms with E-state index in [1.165, 1.54) is 9.80 Å². The molecule has 160 valence electrons. The van der Waals surface area contributed by atoms with Crippen molar-refractivity contribution in [3.8, 4) is 0 Å². The van der Waals surface area contributed by atoms with E-state index in [9.17, 15) is 9.59 Å². The number of para-hydroxylation sites is 2. The largest absolute Gasteiger partial charge is 0.321 e. The third kappa shape index (κ3) is 6.32. The van der Waals surface area contributed by atoms with Crippen LogP contribution in [0.5, 0.6) is 0 Å². The van der Waals surface area contributed by atoms with Gasteiger partial charge in [0.15, 0.2) is 13.1 Å². The van der Waals surface area contributed by atoms with Gasteiger partial charge < -0.3 is 20.4 Å². The third-order valence-corrected chi connectivity index (χ3v) is 6.33. The molecule has 0 radical (unpaired) electrons. The Morgan fingerprint density at radius 3 is 1.90 bits per heavy atom. The molecule has 4 N–H and O–H groups in total. The van der Waals surface area contributed by atoms with Crippen LogP contribution in [0.4, 0.5) is 11.4 Å². The lowest BCUT2D eigenvalue weighted by atomic mass is 10.1. The van der Waals surface area contributed by atoms with Gasteiger partial charge in [-0.2, -0.15) is 0 Å². The monoisotopic (exact) mass is 428 g/mol. The summed E-state index contributed by atoms with van der Waals surface area (Å²) in [4.78, 5) is 28.6. The molecule has 2 aromatic rings. The number of rotatable bonds is 8. The van der Waals surface area contributed by atoms with E-state index in [0.717, 1.165) is 54.4 Å². The Morgan fingerprint density at radius 2 is 1.33 bits per heavy atom. The van der Waals surface area contributed by atoms with Crippen molar-refractivity contribution in [2.24, 2.45) is 0 Å². The van der Waals surface area contributed by atoms with Crippen LogP contribution in [-0.2, 0) is 16.0 Å². The minimum atomic E-state index is 0.0452. The first kappa shape index (κ1) is 22.3. The fourth-order valence-electron chi connectivity index (χ4n) is 3.85. The predicted octanol–water partition coefficient (Wildman–Crippen LogP) is 0.332. The molecule has 0 unspecified atom stereocenters. The summed E-state index contributed by atoms with van der Waals surface area (Å²) in [5, 5.41) is 6.10. The number of carbonyl (C=O) groups is 2. The summed E-state index contributed by atoms with van der Waals surface area (Å²) in [6.45, 7) is 6.61. The summed E-state index contributed by atoms with van der Waals surface area (Å²) in [5.74, 6) is 0.102. The number of quaternary nitrogens is 2. The van der Waals surface area contributed by atoms with Crippen molar-refractivity contribution < 1.29 is 19.4 Å². The van der Waals surface area contributed by atoms with Crippen LogP contribution < -0.4 is 20.4 Å². The van der Waals surface area contributed by atoms with Crippen molar-refractivity contribution in [3.63, 3.8) is 0 Å². The molecule has 1 fully saturated rings. The van der Waals surface area contributed by atoms with Crippen LogP contribution in [0.3, 0.4) is 0 Å². The first-order valence-corrected chi connectivity index (χ1v) is 11.8. The SMILES string of the molecule is CCc1ccccc1NC(=O)C[NH+]1CC[NH+](CC(=O)Nc2ccccc2SC)CC1. The Hall–Kier alpha value is -2.35. The molecule has 2 aromatic carbocycles. The quantitative estimate of drug-likeness (QED) is 0.458. The van der Waals surface area contributed by atoms with Crippen LogP contribution in [0.15, 0.2) is 53.4 Å². The van der Waals surface area contributed by atoms with Crippen LogP contribution >= 0.6 is 11.8 Å². The van der Waals surface area contributed by atoms with Crippen molar-refractivity contribution in [1.82, 2.24) is 0 Å². The van der Waals surface area contributed by atoms with Crippen molar-refractivity contribution >= 4 is 35.0 Å². The zero-order valence-corrected chi connectivity index (χ0v) is 18.6. The standard InChI is InChI=1S/C23H30N4O2S/c1-3-18-8-4-5-9-19(18)24-22(28)16-26-12-14-27(15-13-26)17-23(29)25-20-10-6-7-11-21(20)30-2/h4-11H,3,12-17H2,1-2H3,(H,24,28)(H,25,29)/p+2.